The second-order valence-electron chi connectivity index (χ2n) is 3.29. The molecule has 80 valence electrons. The summed E-state index contributed by atoms with van der Waals surface area (Å²) in [6.07, 6.45) is -0.0715. The van der Waals surface area contributed by atoms with E-state index in [-0.39, 0.29) is 18.8 Å². The number of amides is 1. The summed E-state index contributed by atoms with van der Waals surface area (Å²) in [4.78, 5) is 12.9. The average molecular weight is 261 g/mol. The highest BCUT2D eigenvalue weighted by Gasteiger charge is 2.49. The molecule has 0 radical (unpaired) electrons. The SMILES string of the molecule is O=C(OCC(Cl)(Cl)Cl)N1CC2OC2C1. The van der Waals surface area contributed by atoms with Crippen LogP contribution in [0.5, 0.6) is 0 Å². The first kappa shape index (κ1) is 10.6. The molecule has 0 aromatic carbocycles. The van der Waals surface area contributed by atoms with Crippen molar-refractivity contribution in [3.05, 3.63) is 0 Å². The number of ether oxygens (including phenoxy) is 2. The Morgan fingerprint density at radius 2 is 2.00 bits per heavy atom. The van der Waals surface area contributed by atoms with Crippen LogP contribution >= 0.6 is 34.8 Å². The molecule has 2 fully saturated rings. The van der Waals surface area contributed by atoms with Crippen molar-refractivity contribution in [2.24, 2.45) is 0 Å². The fourth-order valence-electron chi connectivity index (χ4n) is 1.39. The van der Waals surface area contributed by atoms with Crippen molar-refractivity contribution >= 4 is 40.9 Å². The standard InChI is InChI=1S/C7H8Cl3NO3/c8-7(9,10)3-13-6(12)11-1-4-5(2-11)14-4/h4-5H,1-3H2. The van der Waals surface area contributed by atoms with Gasteiger partial charge in [0.15, 0.2) is 0 Å². The Bertz CT molecular complexity index is 245. The van der Waals surface area contributed by atoms with Crippen LogP contribution in [0, 0.1) is 0 Å². The number of carbonyl (C=O) groups excluding carboxylic acids is 1. The molecule has 2 rings (SSSR count). The zero-order chi connectivity index (χ0) is 10.3. The van der Waals surface area contributed by atoms with Crippen LogP contribution in [0.1, 0.15) is 0 Å². The number of carbonyl (C=O) groups is 1. The maximum atomic E-state index is 11.3. The van der Waals surface area contributed by atoms with Gasteiger partial charge in [0.25, 0.3) is 0 Å². The number of hydrogen-bond acceptors (Lipinski definition) is 3. The van der Waals surface area contributed by atoms with Crippen LogP contribution in [0.3, 0.4) is 0 Å². The van der Waals surface area contributed by atoms with Gasteiger partial charge in [-0.1, -0.05) is 34.8 Å². The van der Waals surface area contributed by atoms with Crippen LogP contribution in [0.15, 0.2) is 0 Å². The largest absolute Gasteiger partial charge is 0.445 e. The van der Waals surface area contributed by atoms with Crippen molar-refractivity contribution in [1.82, 2.24) is 4.90 Å². The van der Waals surface area contributed by atoms with Crippen molar-refractivity contribution in [3.8, 4) is 0 Å². The number of fused-ring (bicyclic) bond motifs is 1. The van der Waals surface area contributed by atoms with E-state index < -0.39 is 9.89 Å². The molecule has 0 N–H and O–H groups in total. The number of halogens is 3. The van der Waals surface area contributed by atoms with Gasteiger partial charge in [-0.25, -0.2) is 4.79 Å². The maximum absolute atomic E-state index is 11.3. The molecule has 1 amide bonds. The highest BCUT2D eigenvalue weighted by Crippen LogP contribution is 2.31. The van der Waals surface area contributed by atoms with Crippen molar-refractivity contribution < 1.29 is 14.3 Å². The Morgan fingerprint density at radius 1 is 1.43 bits per heavy atom. The zero-order valence-corrected chi connectivity index (χ0v) is 9.35. The summed E-state index contributed by atoms with van der Waals surface area (Å²) in [5.74, 6) is 0. The Balaban J connectivity index is 1.73. The second-order valence-corrected chi connectivity index (χ2v) is 5.80. The van der Waals surface area contributed by atoms with E-state index in [0.717, 1.165) is 0 Å². The summed E-state index contributed by atoms with van der Waals surface area (Å²) < 4.78 is 8.40. The van der Waals surface area contributed by atoms with Gasteiger partial charge in [-0.2, -0.15) is 0 Å². The van der Waals surface area contributed by atoms with E-state index in [4.69, 9.17) is 44.3 Å². The molecule has 7 heteroatoms. The lowest BCUT2D eigenvalue weighted by Gasteiger charge is -2.18. The zero-order valence-electron chi connectivity index (χ0n) is 7.08. The predicted molar refractivity (Wildman–Crippen MR) is 51.9 cm³/mol. The van der Waals surface area contributed by atoms with Gasteiger partial charge in [-0.05, 0) is 0 Å². The highest BCUT2D eigenvalue weighted by molar-refractivity contribution is 6.67. The number of rotatable bonds is 1. The minimum atomic E-state index is -1.55. The number of alkyl halides is 3. The molecule has 14 heavy (non-hydrogen) atoms. The Morgan fingerprint density at radius 3 is 2.50 bits per heavy atom. The lowest BCUT2D eigenvalue weighted by molar-refractivity contribution is 0.0974. The van der Waals surface area contributed by atoms with E-state index >= 15 is 0 Å². The minimum absolute atomic E-state index is 0.190. The van der Waals surface area contributed by atoms with Gasteiger partial charge >= 0.3 is 6.09 Å². The van der Waals surface area contributed by atoms with Crippen molar-refractivity contribution in [3.63, 3.8) is 0 Å². The Hall–Kier alpha value is 0.1000. The minimum Gasteiger partial charge on any atom is -0.445 e. The van der Waals surface area contributed by atoms with Gasteiger partial charge in [0, 0.05) is 0 Å². The van der Waals surface area contributed by atoms with Gasteiger partial charge in [-0.3, -0.25) is 0 Å². The van der Waals surface area contributed by atoms with Crippen LogP contribution in [0.25, 0.3) is 0 Å². The molecule has 2 heterocycles. The highest BCUT2D eigenvalue weighted by atomic mass is 35.6. The van der Waals surface area contributed by atoms with Crippen LogP contribution in [0.2, 0.25) is 0 Å². The molecular weight excluding hydrogens is 252 g/mol. The number of morpholine rings is 1. The van der Waals surface area contributed by atoms with Gasteiger partial charge in [0.1, 0.15) is 18.8 Å². The summed E-state index contributed by atoms with van der Waals surface area (Å²) in [6, 6.07) is 0. The molecule has 0 aromatic heterocycles. The van der Waals surface area contributed by atoms with Crippen molar-refractivity contribution in [2.75, 3.05) is 19.7 Å². The third kappa shape index (κ3) is 2.57. The maximum Gasteiger partial charge on any atom is 0.410 e. The van der Waals surface area contributed by atoms with Crippen LogP contribution in [0.4, 0.5) is 4.79 Å². The van der Waals surface area contributed by atoms with Gasteiger partial charge in [-0.15, -0.1) is 0 Å². The van der Waals surface area contributed by atoms with E-state index in [1.807, 2.05) is 0 Å². The molecule has 0 bridgehead atoms. The third-order valence-corrected chi connectivity index (χ3v) is 2.43. The average Bonchev–Trinajstić information content (AvgIpc) is 2.68. The van der Waals surface area contributed by atoms with Crippen LogP contribution in [-0.4, -0.2) is 46.7 Å². The second kappa shape index (κ2) is 3.59. The van der Waals surface area contributed by atoms with E-state index in [9.17, 15) is 4.79 Å². The summed E-state index contributed by atoms with van der Waals surface area (Å²) in [5, 5.41) is 0. The summed E-state index contributed by atoms with van der Waals surface area (Å²) >= 11 is 16.3. The van der Waals surface area contributed by atoms with Gasteiger partial charge < -0.3 is 14.4 Å². The number of epoxide rings is 1. The first-order valence-corrected chi connectivity index (χ1v) is 5.23. The number of hydrogen-bond donors (Lipinski definition) is 0. The number of nitrogens with zero attached hydrogens (tertiary/aromatic N) is 1. The molecule has 2 atom stereocenters. The molecule has 2 saturated heterocycles. The number of likely N-dealkylation sites (tertiary alicyclic amines) is 1. The lowest BCUT2D eigenvalue weighted by Crippen LogP contribution is -2.34. The predicted octanol–water partition coefficient (Wildman–Crippen LogP) is 1.58. The molecule has 0 spiro atoms. The topological polar surface area (TPSA) is 42.1 Å². The Labute approximate surface area is 96.0 Å². The molecule has 0 aliphatic carbocycles. The molecule has 4 nitrogen and oxygen atoms in total. The van der Waals surface area contributed by atoms with E-state index in [0.29, 0.717) is 13.1 Å². The van der Waals surface area contributed by atoms with Crippen LogP contribution < -0.4 is 0 Å². The molecule has 2 aliphatic heterocycles. The molecule has 0 aromatic rings. The fraction of sp³-hybridized carbons (Fsp3) is 0.857. The van der Waals surface area contributed by atoms with Gasteiger partial charge in [0.05, 0.1) is 13.1 Å². The van der Waals surface area contributed by atoms with E-state index in [1.165, 1.54) is 0 Å². The third-order valence-electron chi connectivity index (χ3n) is 2.11. The van der Waals surface area contributed by atoms with Gasteiger partial charge in [0.2, 0.25) is 3.79 Å². The molecule has 2 aliphatic rings. The summed E-state index contributed by atoms with van der Waals surface area (Å²) in [5.41, 5.74) is 0. The molecule has 2 unspecified atom stereocenters. The fourth-order valence-corrected chi connectivity index (χ4v) is 1.56. The normalized spacial score (nSPS) is 30.1. The first-order valence-electron chi connectivity index (χ1n) is 4.09. The van der Waals surface area contributed by atoms with Crippen molar-refractivity contribution in [1.29, 1.82) is 0 Å². The van der Waals surface area contributed by atoms with E-state index in [2.05, 4.69) is 0 Å². The first-order chi connectivity index (χ1) is 6.46. The van der Waals surface area contributed by atoms with Crippen molar-refractivity contribution in [2.45, 2.75) is 16.0 Å². The Kier molecular flexibility index (Phi) is 2.72. The van der Waals surface area contributed by atoms with Crippen LogP contribution in [-0.2, 0) is 9.47 Å². The quantitative estimate of drug-likeness (QED) is 0.531. The monoisotopic (exact) mass is 259 g/mol. The molecule has 0 saturated carbocycles. The van der Waals surface area contributed by atoms with E-state index in [1.54, 1.807) is 4.90 Å². The summed E-state index contributed by atoms with van der Waals surface area (Å²) in [6.45, 7) is 0.913. The smallest absolute Gasteiger partial charge is 0.410 e. The summed E-state index contributed by atoms with van der Waals surface area (Å²) in [7, 11) is 0. The lowest BCUT2D eigenvalue weighted by atomic mass is 10.4. The molecular formula is C7H8Cl3NO3.